The van der Waals surface area contributed by atoms with Gasteiger partial charge in [-0.3, -0.25) is 0 Å². The van der Waals surface area contributed by atoms with Gasteiger partial charge in [0.15, 0.2) is 6.29 Å². The first-order chi connectivity index (χ1) is 25.5. The van der Waals surface area contributed by atoms with Crippen LogP contribution < -0.4 is 0 Å². The molecular weight excluding hydrogens is 689 g/mol. The lowest BCUT2D eigenvalue weighted by Crippen LogP contribution is -2.64. The van der Waals surface area contributed by atoms with Crippen molar-refractivity contribution in [1.29, 1.82) is 0 Å². The summed E-state index contributed by atoms with van der Waals surface area (Å²) in [5.74, 6) is -1.38. The van der Waals surface area contributed by atoms with Gasteiger partial charge in [-0.25, -0.2) is 13.2 Å². The molecule has 8 nitrogen and oxygen atoms in total. The summed E-state index contributed by atoms with van der Waals surface area (Å²) < 4.78 is 52.4. The average molecular weight is 765 g/mol. The Hall–Kier alpha value is -0.790. The Labute approximate surface area is 317 Å². The predicted molar refractivity (Wildman–Crippen MR) is 201 cm³/mol. The SMILES string of the molecule is CCCCCCCCCCCCCC[C@@H](O)[C@@H](O)[C@@H](/C=C(/F)CCCCCCCCCCC12CC(C(F)F)(C1)C2)COC1OC(CO)C(O)C(O)C1O. The Morgan fingerprint density at radius 3 is 1.77 bits per heavy atom. The van der Waals surface area contributed by atoms with Gasteiger partial charge >= 0.3 is 0 Å². The van der Waals surface area contributed by atoms with Crippen molar-refractivity contribution in [3.8, 4) is 0 Å². The third-order valence-electron chi connectivity index (χ3n) is 12.4. The monoisotopic (exact) mass is 765 g/mol. The zero-order valence-electron chi connectivity index (χ0n) is 32.7. The summed E-state index contributed by atoms with van der Waals surface area (Å²) in [6.07, 6.45) is 15.2. The number of ether oxygens (including phenoxy) is 2. The highest BCUT2D eigenvalue weighted by atomic mass is 19.3. The molecule has 5 unspecified atom stereocenters. The fraction of sp³-hybridized carbons (Fsp3) is 0.952. The van der Waals surface area contributed by atoms with Crippen molar-refractivity contribution in [2.75, 3.05) is 13.2 Å². The molecule has 4 fully saturated rings. The number of hydrogen-bond acceptors (Lipinski definition) is 8. The van der Waals surface area contributed by atoms with Gasteiger partial charge in [-0.05, 0) is 56.4 Å². The number of alkyl halides is 2. The summed E-state index contributed by atoms with van der Waals surface area (Å²) in [7, 11) is 0. The Morgan fingerprint density at radius 1 is 0.736 bits per heavy atom. The lowest BCUT2D eigenvalue weighted by Gasteiger charge is -2.70. The van der Waals surface area contributed by atoms with Gasteiger partial charge in [-0.1, -0.05) is 129 Å². The number of halogens is 3. The van der Waals surface area contributed by atoms with E-state index in [4.69, 9.17) is 9.47 Å². The van der Waals surface area contributed by atoms with Crippen LogP contribution in [-0.4, -0.2) is 93.2 Å². The molecule has 312 valence electrons. The minimum Gasteiger partial charge on any atom is -0.394 e. The van der Waals surface area contributed by atoms with Crippen molar-refractivity contribution < 1.29 is 53.3 Å². The average Bonchev–Trinajstić information content (AvgIpc) is 3.10. The zero-order chi connectivity index (χ0) is 38.7. The fourth-order valence-corrected chi connectivity index (χ4v) is 9.06. The molecule has 6 N–H and O–H groups in total. The quantitative estimate of drug-likeness (QED) is 0.0376. The Bertz CT molecular complexity index is 980. The minimum atomic E-state index is -2.16. The van der Waals surface area contributed by atoms with Gasteiger partial charge in [0.05, 0.1) is 31.2 Å². The van der Waals surface area contributed by atoms with Gasteiger partial charge < -0.3 is 40.1 Å². The number of rotatable bonds is 32. The number of hydrogen-bond donors (Lipinski definition) is 6. The Balaban J connectivity index is 1.35. The maximum Gasteiger partial charge on any atom is 0.244 e. The highest BCUT2D eigenvalue weighted by molar-refractivity contribution is 5.17. The maximum atomic E-state index is 15.2. The second-order valence-electron chi connectivity index (χ2n) is 17.1. The van der Waals surface area contributed by atoms with E-state index in [2.05, 4.69) is 6.92 Å². The summed E-state index contributed by atoms with van der Waals surface area (Å²) in [5.41, 5.74) is -0.413. The molecule has 0 spiro atoms. The second-order valence-corrected chi connectivity index (χ2v) is 17.1. The first kappa shape index (κ1) is 46.6. The molecule has 53 heavy (non-hydrogen) atoms. The van der Waals surface area contributed by atoms with Crippen molar-refractivity contribution in [2.45, 2.75) is 223 Å². The molecule has 11 heteroatoms. The molecule has 0 aromatic carbocycles. The molecule has 1 saturated heterocycles. The fourth-order valence-electron chi connectivity index (χ4n) is 9.06. The third kappa shape index (κ3) is 15.2. The maximum absolute atomic E-state index is 15.2. The van der Waals surface area contributed by atoms with E-state index in [1.54, 1.807) is 0 Å². The van der Waals surface area contributed by atoms with Crippen LogP contribution in [-0.2, 0) is 9.47 Å². The lowest BCUT2D eigenvalue weighted by molar-refractivity contribution is -0.303. The van der Waals surface area contributed by atoms with Crippen molar-refractivity contribution >= 4 is 0 Å². The van der Waals surface area contributed by atoms with E-state index in [0.717, 1.165) is 77.0 Å². The van der Waals surface area contributed by atoms with E-state index in [0.29, 0.717) is 32.1 Å². The minimum absolute atomic E-state index is 0.181. The second kappa shape index (κ2) is 24.8. The molecule has 2 bridgehead atoms. The smallest absolute Gasteiger partial charge is 0.244 e. The highest BCUT2D eigenvalue weighted by Crippen LogP contribution is 2.77. The van der Waals surface area contributed by atoms with Crippen LogP contribution in [0.15, 0.2) is 11.9 Å². The van der Waals surface area contributed by atoms with Gasteiger partial charge in [0.1, 0.15) is 24.4 Å². The number of allylic oxidation sites excluding steroid dienone is 1. The van der Waals surface area contributed by atoms with Crippen molar-refractivity contribution in [1.82, 2.24) is 0 Å². The Morgan fingerprint density at radius 2 is 1.25 bits per heavy atom. The van der Waals surface area contributed by atoms with Crippen LogP contribution in [0.3, 0.4) is 0 Å². The molecule has 1 heterocycles. The number of aliphatic hydroxyl groups excluding tert-OH is 6. The molecule has 1 aliphatic heterocycles. The van der Waals surface area contributed by atoms with Crippen molar-refractivity contribution in [2.24, 2.45) is 16.7 Å². The van der Waals surface area contributed by atoms with Crippen LogP contribution in [0.1, 0.15) is 174 Å². The molecule has 0 amide bonds. The first-order valence-corrected chi connectivity index (χ1v) is 21.4. The van der Waals surface area contributed by atoms with Crippen LogP contribution in [0.4, 0.5) is 13.2 Å². The van der Waals surface area contributed by atoms with Crippen molar-refractivity contribution in [3.63, 3.8) is 0 Å². The topological polar surface area (TPSA) is 140 Å². The molecule has 0 aromatic heterocycles. The summed E-state index contributed by atoms with van der Waals surface area (Å²) in [5, 5.41) is 62.1. The molecule has 4 rings (SSSR count). The standard InChI is InChI=1S/C42H75F3O8/c1-2-3-4-5-6-7-8-9-10-14-17-20-23-33(47)35(48)31(27-52-39-38(51)37(50)36(49)34(26-46)53-39)25-32(43)22-19-16-13-11-12-15-18-21-24-41-28-42(29-41,30-41)40(44)45/h25,31,33-40,46-51H,2-24,26-30H2,1H3/b32-25+/t31-,33+,34?,35-,36?,37?,38?,39?,41?,42?/m0/s1. The van der Waals surface area contributed by atoms with Gasteiger partial charge in [0.2, 0.25) is 6.43 Å². The van der Waals surface area contributed by atoms with Gasteiger partial charge in [-0.15, -0.1) is 0 Å². The van der Waals surface area contributed by atoms with E-state index in [-0.39, 0.29) is 18.4 Å². The highest BCUT2D eigenvalue weighted by Gasteiger charge is 2.70. The molecule has 8 atom stereocenters. The molecular formula is C42H75F3O8. The first-order valence-electron chi connectivity index (χ1n) is 21.4. The molecule has 3 aliphatic carbocycles. The zero-order valence-corrected chi connectivity index (χ0v) is 32.7. The van der Waals surface area contributed by atoms with Crippen LogP contribution in [0.5, 0.6) is 0 Å². The van der Waals surface area contributed by atoms with Crippen molar-refractivity contribution in [3.05, 3.63) is 11.9 Å². The summed E-state index contributed by atoms with van der Waals surface area (Å²) in [6.45, 7) is 1.29. The van der Waals surface area contributed by atoms with E-state index in [1.165, 1.54) is 57.4 Å². The summed E-state index contributed by atoms with van der Waals surface area (Å²) in [4.78, 5) is 0. The van der Waals surface area contributed by atoms with E-state index in [9.17, 15) is 39.4 Å². The van der Waals surface area contributed by atoms with Crippen LogP contribution in [0.2, 0.25) is 0 Å². The van der Waals surface area contributed by atoms with Crippen LogP contribution >= 0.6 is 0 Å². The number of unbranched alkanes of at least 4 members (excludes halogenated alkanes) is 18. The van der Waals surface area contributed by atoms with Gasteiger partial charge in [0, 0.05) is 11.3 Å². The van der Waals surface area contributed by atoms with E-state index >= 15 is 4.39 Å². The normalized spacial score (nSPS) is 30.2. The van der Waals surface area contributed by atoms with Crippen LogP contribution in [0, 0.1) is 16.7 Å². The third-order valence-corrected chi connectivity index (χ3v) is 12.4. The van der Waals surface area contributed by atoms with Crippen LogP contribution in [0.25, 0.3) is 0 Å². The summed E-state index contributed by atoms with van der Waals surface area (Å²) in [6, 6.07) is 0. The van der Waals surface area contributed by atoms with Gasteiger partial charge in [-0.2, -0.15) is 0 Å². The van der Waals surface area contributed by atoms with Gasteiger partial charge in [0.25, 0.3) is 0 Å². The lowest BCUT2D eigenvalue weighted by atomic mass is 9.34. The van der Waals surface area contributed by atoms with E-state index in [1.807, 2.05) is 0 Å². The molecule has 0 radical (unpaired) electrons. The largest absolute Gasteiger partial charge is 0.394 e. The molecule has 3 saturated carbocycles. The molecule has 0 aromatic rings. The van der Waals surface area contributed by atoms with E-state index < -0.39 is 73.1 Å². The Kier molecular flexibility index (Phi) is 21.8. The number of aliphatic hydroxyl groups is 6. The summed E-state index contributed by atoms with van der Waals surface area (Å²) >= 11 is 0. The predicted octanol–water partition coefficient (Wildman–Crippen LogP) is 8.42. The molecule has 4 aliphatic rings.